The Morgan fingerprint density at radius 2 is 1.00 bits per heavy atom. The van der Waals surface area contributed by atoms with E-state index in [1.165, 1.54) is 0 Å². The quantitative estimate of drug-likeness (QED) is 0.561. The zero-order valence-corrected chi connectivity index (χ0v) is 14.0. The molecule has 4 nitrogen and oxygen atoms in total. The maximum atomic E-state index is 8.43. The van der Waals surface area contributed by atoms with Gasteiger partial charge in [0.2, 0.25) is 0 Å². The molecule has 0 spiro atoms. The molecule has 4 N–H and O–H groups in total. The Morgan fingerprint density at radius 3 is 1.00 bits per heavy atom. The molecular formula is C13H32O4Ti. The molecule has 5 heteroatoms. The molecule has 0 bridgehead atoms. The summed E-state index contributed by atoms with van der Waals surface area (Å²) in [7, 11) is 0. The molecule has 0 atom stereocenters. The third-order valence-corrected chi connectivity index (χ3v) is 1.88. The smallest absolute Gasteiger partial charge is 0.0504 e. The second-order valence-corrected chi connectivity index (χ2v) is 4.63. The molecule has 0 radical (unpaired) electrons. The second kappa shape index (κ2) is 22.7. The summed E-state index contributed by atoms with van der Waals surface area (Å²) in [6.45, 7) is 8.48. The van der Waals surface area contributed by atoms with Crippen molar-refractivity contribution in [3.8, 4) is 0 Å². The van der Waals surface area contributed by atoms with Crippen LogP contribution in [-0.2, 0) is 21.7 Å². The van der Waals surface area contributed by atoms with Gasteiger partial charge in [-0.15, -0.1) is 0 Å². The van der Waals surface area contributed by atoms with Crippen LogP contribution >= 0.6 is 0 Å². The van der Waals surface area contributed by atoms with E-state index in [0.29, 0.717) is 13.2 Å². The maximum Gasteiger partial charge on any atom is 0.0504 e. The van der Waals surface area contributed by atoms with E-state index in [2.05, 4.69) is 13.8 Å². The molecule has 0 aliphatic carbocycles. The molecule has 0 saturated carbocycles. The molecule has 0 aliphatic rings. The van der Waals surface area contributed by atoms with Crippen molar-refractivity contribution in [2.75, 3.05) is 26.4 Å². The summed E-state index contributed by atoms with van der Waals surface area (Å²) in [4.78, 5) is 0. The van der Waals surface area contributed by atoms with Crippen LogP contribution in [0.1, 0.15) is 53.4 Å². The third kappa shape index (κ3) is 36.0. The monoisotopic (exact) mass is 300 g/mol. The van der Waals surface area contributed by atoms with Crippen LogP contribution in [0.5, 0.6) is 0 Å². The van der Waals surface area contributed by atoms with Crippen molar-refractivity contribution >= 4 is 0 Å². The summed E-state index contributed by atoms with van der Waals surface area (Å²) < 4.78 is 0. The number of hydrogen-bond acceptors (Lipinski definition) is 4. The van der Waals surface area contributed by atoms with E-state index in [0.717, 1.165) is 25.7 Å². The summed E-state index contributed by atoms with van der Waals surface area (Å²) >= 11 is 0. The average Bonchev–Trinajstić information content (AvgIpc) is 2.33. The maximum absolute atomic E-state index is 8.43. The van der Waals surface area contributed by atoms with E-state index in [4.69, 9.17) is 20.4 Å². The molecular weight excluding hydrogens is 268 g/mol. The summed E-state index contributed by atoms with van der Waals surface area (Å²) in [6.07, 6.45) is 4.08. The van der Waals surface area contributed by atoms with Gasteiger partial charge in [-0.05, 0) is 12.8 Å². The van der Waals surface area contributed by atoms with E-state index >= 15 is 0 Å². The minimum absolute atomic E-state index is 0. The molecule has 0 rings (SSSR count). The fraction of sp³-hybridized carbons (Fsp3) is 1.00. The zero-order chi connectivity index (χ0) is 14.2. The predicted molar refractivity (Wildman–Crippen MR) is 71.9 cm³/mol. The van der Waals surface area contributed by atoms with Gasteiger partial charge in [-0.3, -0.25) is 0 Å². The average molecular weight is 300 g/mol. The summed E-state index contributed by atoms with van der Waals surface area (Å²) in [6, 6.07) is 0. The van der Waals surface area contributed by atoms with Crippen LogP contribution in [0.2, 0.25) is 0 Å². The minimum atomic E-state index is -0.306. The van der Waals surface area contributed by atoms with Gasteiger partial charge in [0.05, 0.1) is 13.2 Å². The molecule has 0 aromatic heterocycles. The fourth-order valence-electron chi connectivity index (χ4n) is 0.366. The van der Waals surface area contributed by atoms with Gasteiger partial charge in [0.25, 0.3) is 0 Å². The third-order valence-electron chi connectivity index (χ3n) is 1.88. The van der Waals surface area contributed by atoms with Crippen LogP contribution in [0.3, 0.4) is 0 Å². The molecule has 0 fully saturated rings. The molecule has 0 aromatic carbocycles. The van der Waals surface area contributed by atoms with E-state index < -0.39 is 0 Å². The first-order chi connectivity index (χ1) is 7.95. The molecule has 0 heterocycles. The zero-order valence-electron chi connectivity index (χ0n) is 12.4. The van der Waals surface area contributed by atoms with Gasteiger partial charge in [0.15, 0.2) is 0 Å². The number of unbranched alkanes of at least 4 members (excludes halogenated alkanes) is 2. The number of hydrogen-bond donors (Lipinski definition) is 4. The van der Waals surface area contributed by atoms with E-state index in [9.17, 15) is 0 Å². The molecule has 18 heavy (non-hydrogen) atoms. The molecule has 112 valence electrons. The van der Waals surface area contributed by atoms with Gasteiger partial charge < -0.3 is 20.4 Å². The van der Waals surface area contributed by atoms with Gasteiger partial charge in [0, 0.05) is 40.3 Å². The van der Waals surface area contributed by atoms with Crippen molar-refractivity contribution in [1.82, 2.24) is 0 Å². The first kappa shape index (κ1) is 27.0. The fourth-order valence-corrected chi connectivity index (χ4v) is 0.366. The Kier molecular flexibility index (Phi) is 34.1. The summed E-state index contributed by atoms with van der Waals surface area (Å²) in [5.74, 6) is 0. The predicted octanol–water partition coefficient (Wildman–Crippen LogP) is 1.55. The molecule has 0 unspecified atom stereocenters. The number of aliphatic hydroxyl groups excluding tert-OH is 4. The molecule has 0 aromatic rings. The molecule has 0 aliphatic heterocycles. The minimum Gasteiger partial charge on any atom is -0.396 e. The first-order valence-corrected chi connectivity index (χ1v) is 6.39. The van der Waals surface area contributed by atoms with E-state index in [1.54, 1.807) is 13.8 Å². The largest absolute Gasteiger partial charge is 0.396 e. The summed E-state index contributed by atoms with van der Waals surface area (Å²) in [5.41, 5.74) is -0.306. The van der Waals surface area contributed by atoms with Crippen LogP contribution in [0.4, 0.5) is 0 Å². The molecule has 0 amide bonds. The normalized spacial score (nSPS) is 9.33. The van der Waals surface area contributed by atoms with Crippen LogP contribution in [-0.4, -0.2) is 46.9 Å². The van der Waals surface area contributed by atoms with Gasteiger partial charge in [-0.1, -0.05) is 40.5 Å². The standard InChI is InChI=1S/C5H12O2.2C4H10O.Ti/c1-5(2,3-6)4-7;2*1-2-3-4-5;/h6-7H,3-4H2,1-2H3;2*5H,2-4H2,1H3;. The SMILES string of the molecule is CC(C)(CO)CO.CCCCO.CCCCO.[Ti]. The second-order valence-electron chi connectivity index (χ2n) is 4.63. The van der Waals surface area contributed by atoms with Crippen molar-refractivity contribution in [2.45, 2.75) is 53.4 Å². The molecule has 0 saturated heterocycles. The van der Waals surface area contributed by atoms with Gasteiger partial charge in [-0.2, -0.15) is 0 Å². The van der Waals surface area contributed by atoms with Crippen molar-refractivity contribution < 1.29 is 42.1 Å². The Hall–Kier alpha value is 0.554. The topological polar surface area (TPSA) is 80.9 Å². The first-order valence-electron chi connectivity index (χ1n) is 6.39. The van der Waals surface area contributed by atoms with Crippen LogP contribution in [0, 0.1) is 5.41 Å². The van der Waals surface area contributed by atoms with Crippen LogP contribution < -0.4 is 0 Å². The Bertz CT molecular complexity index is 106. The van der Waals surface area contributed by atoms with E-state index in [1.807, 2.05) is 0 Å². The van der Waals surface area contributed by atoms with Crippen molar-refractivity contribution in [3.63, 3.8) is 0 Å². The van der Waals surface area contributed by atoms with Crippen molar-refractivity contribution in [1.29, 1.82) is 0 Å². The van der Waals surface area contributed by atoms with Crippen LogP contribution in [0.25, 0.3) is 0 Å². The summed E-state index contributed by atoms with van der Waals surface area (Å²) in [5, 5.41) is 33.0. The van der Waals surface area contributed by atoms with E-state index in [-0.39, 0.29) is 40.3 Å². The van der Waals surface area contributed by atoms with Gasteiger partial charge >= 0.3 is 0 Å². The van der Waals surface area contributed by atoms with Crippen molar-refractivity contribution in [3.05, 3.63) is 0 Å². The van der Waals surface area contributed by atoms with Crippen molar-refractivity contribution in [2.24, 2.45) is 5.41 Å². The van der Waals surface area contributed by atoms with Gasteiger partial charge in [-0.25, -0.2) is 0 Å². The van der Waals surface area contributed by atoms with Crippen LogP contribution in [0.15, 0.2) is 0 Å². The number of aliphatic hydroxyl groups is 4. The Labute approximate surface area is 127 Å². The number of rotatable bonds is 6. The van der Waals surface area contributed by atoms with Gasteiger partial charge in [0.1, 0.15) is 0 Å². The Balaban J connectivity index is -0.0000000813. The Morgan fingerprint density at radius 1 is 0.722 bits per heavy atom.